The zero-order valence-corrected chi connectivity index (χ0v) is 19.8. The molecule has 0 spiro atoms. The Bertz CT molecular complexity index is 1460. The Morgan fingerprint density at radius 3 is 2.38 bits per heavy atom. The molecule has 0 aliphatic carbocycles. The Kier molecular flexibility index (Phi) is 6.87. The van der Waals surface area contributed by atoms with Crippen molar-refractivity contribution in [3.05, 3.63) is 95.2 Å². The van der Waals surface area contributed by atoms with Gasteiger partial charge in [-0.05, 0) is 67.1 Å². The Morgan fingerprint density at radius 1 is 0.973 bits per heavy atom. The summed E-state index contributed by atoms with van der Waals surface area (Å²) < 4.78 is 45.5. The Balaban J connectivity index is 1.52. The van der Waals surface area contributed by atoms with Gasteiger partial charge >= 0.3 is 6.18 Å². The molecule has 1 aromatic heterocycles. The van der Waals surface area contributed by atoms with Crippen molar-refractivity contribution in [1.29, 1.82) is 0 Å². The summed E-state index contributed by atoms with van der Waals surface area (Å²) in [7, 11) is 1.55. The fourth-order valence-electron chi connectivity index (χ4n) is 3.53. The molecule has 1 heterocycles. The number of nitrogens with two attached hydrogens (primary N) is 1. The number of nitrogens with one attached hydrogen (secondary N) is 2. The number of methoxy groups -OCH3 is 1. The number of rotatable bonds is 6. The maximum atomic E-state index is 13.0. The number of alkyl halides is 3. The van der Waals surface area contributed by atoms with Crippen molar-refractivity contribution in [2.75, 3.05) is 23.5 Å². The van der Waals surface area contributed by atoms with Crippen LogP contribution in [0.15, 0.2) is 72.9 Å². The molecule has 4 N–H and O–H groups in total. The predicted molar refractivity (Wildman–Crippen MR) is 133 cm³/mol. The molecular weight excluding hydrogens is 487 g/mol. The number of aryl methyl sites for hydroxylation is 1. The van der Waals surface area contributed by atoms with E-state index in [0.29, 0.717) is 22.7 Å². The van der Waals surface area contributed by atoms with Crippen LogP contribution in [0.1, 0.15) is 31.8 Å². The first-order valence-corrected chi connectivity index (χ1v) is 11.0. The fraction of sp³-hybridized carbons (Fsp3) is 0.115. The van der Waals surface area contributed by atoms with E-state index >= 15 is 0 Å². The van der Waals surface area contributed by atoms with Gasteiger partial charge in [0, 0.05) is 16.9 Å². The van der Waals surface area contributed by atoms with Gasteiger partial charge < -0.3 is 21.1 Å². The second-order valence-electron chi connectivity index (χ2n) is 8.07. The van der Waals surface area contributed by atoms with Crippen LogP contribution >= 0.6 is 0 Å². The van der Waals surface area contributed by atoms with E-state index in [-0.39, 0.29) is 22.6 Å². The zero-order chi connectivity index (χ0) is 26.7. The molecule has 37 heavy (non-hydrogen) atoms. The molecule has 0 radical (unpaired) electrons. The summed E-state index contributed by atoms with van der Waals surface area (Å²) in [5, 5.41) is 9.35. The molecule has 0 fully saturated rings. The summed E-state index contributed by atoms with van der Waals surface area (Å²) in [6.45, 7) is 1.73. The lowest BCUT2D eigenvalue weighted by atomic mass is 10.1. The van der Waals surface area contributed by atoms with Crippen LogP contribution in [0.3, 0.4) is 0 Å². The van der Waals surface area contributed by atoms with E-state index in [9.17, 15) is 22.8 Å². The summed E-state index contributed by atoms with van der Waals surface area (Å²) in [6.07, 6.45) is -3.21. The fourth-order valence-corrected chi connectivity index (χ4v) is 3.53. The van der Waals surface area contributed by atoms with Gasteiger partial charge in [-0.25, -0.2) is 4.68 Å². The standard InChI is InChI=1S/C26H22F3N5O3/c1-15-6-7-16(24(35)32-18-5-3-4-17(13-18)26(27,28)29)12-22(15)33-25(36)21-14-31-34(23(21)30)19-8-10-20(37-2)11-9-19/h3-14H,30H2,1-2H3,(H,32,35)(H,33,36). The zero-order valence-electron chi connectivity index (χ0n) is 19.8. The number of carbonyl (C=O) groups is 2. The number of halogens is 3. The number of hydrogen-bond acceptors (Lipinski definition) is 5. The molecular formula is C26H22F3N5O3. The van der Waals surface area contributed by atoms with Gasteiger partial charge in [0.25, 0.3) is 11.8 Å². The van der Waals surface area contributed by atoms with Crippen molar-refractivity contribution in [3.8, 4) is 11.4 Å². The lowest BCUT2D eigenvalue weighted by Crippen LogP contribution is -2.17. The minimum absolute atomic E-state index is 0.00953. The van der Waals surface area contributed by atoms with Gasteiger partial charge in [-0.2, -0.15) is 18.3 Å². The Labute approximate surface area is 209 Å². The lowest BCUT2D eigenvalue weighted by molar-refractivity contribution is -0.137. The van der Waals surface area contributed by atoms with Crippen molar-refractivity contribution in [2.45, 2.75) is 13.1 Å². The third-order valence-electron chi connectivity index (χ3n) is 5.56. The van der Waals surface area contributed by atoms with Crippen LogP contribution in [-0.2, 0) is 6.18 Å². The summed E-state index contributed by atoms with van der Waals surface area (Å²) >= 11 is 0. The number of hydrogen-bond donors (Lipinski definition) is 3. The van der Waals surface area contributed by atoms with Crippen LogP contribution in [0.4, 0.5) is 30.4 Å². The smallest absolute Gasteiger partial charge is 0.416 e. The van der Waals surface area contributed by atoms with E-state index in [1.54, 1.807) is 44.4 Å². The SMILES string of the molecule is COc1ccc(-n2ncc(C(=O)Nc3cc(C(=O)Nc4cccc(C(F)(F)F)c4)ccc3C)c2N)cc1. The third kappa shape index (κ3) is 5.56. The van der Waals surface area contributed by atoms with Gasteiger partial charge in [0.1, 0.15) is 17.1 Å². The van der Waals surface area contributed by atoms with Crippen LogP contribution in [-0.4, -0.2) is 28.7 Å². The molecule has 0 saturated carbocycles. The molecule has 4 aromatic rings. The number of nitrogens with zero attached hydrogens (tertiary/aromatic N) is 2. The van der Waals surface area contributed by atoms with Crippen molar-refractivity contribution in [1.82, 2.24) is 9.78 Å². The third-order valence-corrected chi connectivity index (χ3v) is 5.56. The van der Waals surface area contributed by atoms with Crippen LogP contribution in [0, 0.1) is 6.92 Å². The Hall–Kier alpha value is -4.80. The molecule has 3 aromatic carbocycles. The maximum absolute atomic E-state index is 13.0. The van der Waals surface area contributed by atoms with Gasteiger partial charge in [0.05, 0.1) is 24.6 Å². The van der Waals surface area contributed by atoms with E-state index < -0.39 is 23.6 Å². The van der Waals surface area contributed by atoms with Crippen LogP contribution in [0.5, 0.6) is 5.75 Å². The summed E-state index contributed by atoms with van der Waals surface area (Å²) in [5.41, 5.74) is 7.15. The van der Waals surface area contributed by atoms with E-state index in [1.807, 2.05) is 0 Å². The van der Waals surface area contributed by atoms with E-state index in [0.717, 1.165) is 12.1 Å². The monoisotopic (exact) mass is 509 g/mol. The molecule has 0 atom stereocenters. The van der Waals surface area contributed by atoms with Crippen molar-refractivity contribution < 1.29 is 27.5 Å². The van der Waals surface area contributed by atoms with Gasteiger partial charge in [-0.1, -0.05) is 12.1 Å². The van der Waals surface area contributed by atoms with Crippen LogP contribution < -0.4 is 21.1 Å². The summed E-state index contributed by atoms with van der Waals surface area (Å²) in [4.78, 5) is 25.7. The quantitative estimate of drug-likeness (QED) is 0.327. The van der Waals surface area contributed by atoms with Crippen molar-refractivity contribution >= 4 is 29.0 Å². The first-order chi connectivity index (χ1) is 17.6. The van der Waals surface area contributed by atoms with Crippen molar-refractivity contribution in [2.24, 2.45) is 0 Å². The first-order valence-electron chi connectivity index (χ1n) is 11.0. The minimum Gasteiger partial charge on any atom is -0.497 e. The molecule has 0 unspecified atom stereocenters. The normalized spacial score (nSPS) is 11.2. The van der Waals surface area contributed by atoms with Crippen LogP contribution in [0.2, 0.25) is 0 Å². The predicted octanol–water partition coefficient (Wildman–Crippen LogP) is 5.29. The lowest BCUT2D eigenvalue weighted by Gasteiger charge is -2.12. The van der Waals surface area contributed by atoms with Gasteiger partial charge in [0.2, 0.25) is 0 Å². The second-order valence-corrected chi connectivity index (χ2v) is 8.07. The number of aromatic nitrogens is 2. The second kappa shape index (κ2) is 10.1. The summed E-state index contributed by atoms with van der Waals surface area (Å²) in [6, 6.07) is 15.8. The molecule has 190 valence electrons. The number of nitrogen functional groups attached to an aromatic ring is 1. The molecule has 0 aliphatic heterocycles. The van der Waals surface area contributed by atoms with Crippen molar-refractivity contribution in [3.63, 3.8) is 0 Å². The number of amides is 2. The summed E-state index contributed by atoms with van der Waals surface area (Å²) in [5.74, 6) is -0.420. The molecule has 0 aliphatic rings. The average Bonchev–Trinajstić information content (AvgIpc) is 3.26. The highest BCUT2D eigenvalue weighted by Gasteiger charge is 2.30. The van der Waals surface area contributed by atoms with Gasteiger partial charge in [-0.3, -0.25) is 9.59 Å². The Morgan fingerprint density at radius 2 is 1.70 bits per heavy atom. The molecule has 2 amide bonds. The maximum Gasteiger partial charge on any atom is 0.416 e. The van der Waals surface area contributed by atoms with Gasteiger partial charge in [0.15, 0.2) is 0 Å². The number of benzene rings is 3. The largest absolute Gasteiger partial charge is 0.497 e. The highest BCUT2D eigenvalue weighted by atomic mass is 19.4. The topological polar surface area (TPSA) is 111 Å². The van der Waals surface area contributed by atoms with Gasteiger partial charge in [-0.15, -0.1) is 0 Å². The highest BCUT2D eigenvalue weighted by molar-refractivity contribution is 6.09. The average molecular weight is 509 g/mol. The molecule has 0 saturated heterocycles. The highest BCUT2D eigenvalue weighted by Crippen LogP contribution is 2.31. The van der Waals surface area contributed by atoms with E-state index in [4.69, 9.17) is 10.5 Å². The first kappa shape index (κ1) is 25.3. The number of ether oxygens (including phenoxy) is 1. The number of anilines is 3. The molecule has 4 rings (SSSR count). The van der Waals surface area contributed by atoms with E-state index in [1.165, 1.54) is 35.1 Å². The molecule has 8 nitrogen and oxygen atoms in total. The molecule has 0 bridgehead atoms. The van der Waals surface area contributed by atoms with Crippen LogP contribution in [0.25, 0.3) is 5.69 Å². The van der Waals surface area contributed by atoms with E-state index in [2.05, 4.69) is 15.7 Å². The minimum atomic E-state index is -4.54. The molecule has 11 heteroatoms. The number of carbonyl (C=O) groups excluding carboxylic acids is 2.